The third-order valence-electron chi connectivity index (χ3n) is 3.55. The van der Waals surface area contributed by atoms with Crippen molar-refractivity contribution in [3.8, 4) is 0 Å². The van der Waals surface area contributed by atoms with Crippen molar-refractivity contribution in [3.05, 3.63) is 47.9 Å². The lowest BCUT2D eigenvalue weighted by Gasteiger charge is -2.26. The Morgan fingerprint density at radius 1 is 1.17 bits per heavy atom. The summed E-state index contributed by atoms with van der Waals surface area (Å²) in [5, 5.41) is 14.3. The maximum absolute atomic E-state index is 11.9. The number of hydrogen-bond acceptors (Lipinski definition) is 4. The number of aromatic nitrogens is 2. The summed E-state index contributed by atoms with van der Waals surface area (Å²) in [6, 6.07) is 5.04. The van der Waals surface area contributed by atoms with Gasteiger partial charge in [-0.2, -0.15) is 0 Å². The average Bonchev–Trinajstić information content (AvgIpc) is 2.55. The number of carbonyl (C=O) groups is 2. The number of carboxylic acid groups (broad SMARTS) is 1. The van der Waals surface area contributed by atoms with E-state index in [4.69, 9.17) is 5.11 Å². The summed E-state index contributed by atoms with van der Waals surface area (Å²) in [7, 11) is 0. The monoisotopic (exact) mass is 313 g/mol. The maximum Gasteiger partial charge on any atom is 0.407 e. The number of carbonyl (C=O) groups excluding carboxylic acids is 1. The standard InChI is InChI=1S/C15H15N5O3/c21-14(19-13-8-16-4-5-17-13)18-12-2-1-11-9-20(15(22)23)6-3-10(11)7-12/h1-2,4-5,7-8H,3,6,9H2,(H,22,23)(H2,17,18,19,21). The van der Waals surface area contributed by atoms with Gasteiger partial charge in [0.1, 0.15) is 0 Å². The number of anilines is 2. The molecule has 1 aromatic heterocycles. The summed E-state index contributed by atoms with van der Waals surface area (Å²) in [4.78, 5) is 32.1. The van der Waals surface area contributed by atoms with E-state index in [1.807, 2.05) is 12.1 Å². The fourth-order valence-electron chi connectivity index (χ4n) is 2.44. The summed E-state index contributed by atoms with van der Waals surface area (Å²) >= 11 is 0. The number of rotatable bonds is 2. The molecular weight excluding hydrogens is 298 g/mol. The largest absolute Gasteiger partial charge is 0.465 e. The minimum atomic E-state index is -0.916. The molecule has 0 aliphatic carbocycles. The van der Waals surface area contributed by atoms with E-state index in [0.717, 1.165) is 11.1 Å². The van der Waals surface area contributed by atoms with Crippen LogP contribution >= 0.6 is 0 Å². The summed E-state index contributed by atoms with van der Waals surface area (Å²) in [6.45, 7) is 0.828. The molecular formula is C15H15N5O3. The van der Waals surface area contributed by atoms with Crippen LogP contribution in [0.15, 0.2) is 36.8 Å². The molecule has 8 heteroatoms. The van der Waals surface area contributed by atoms with Crippen molar-refractivity contribution < 1.29 is 14.7 Å². The Bertz CT molecular complexity index is 735. The van der Waals surface area contributed by atoms with Crippen LogP contribution in [-0.2, 0) is 13.0 Å². The molecule has 3 amide bonds. The Morgan fingerprint density at radius 2 is 2.04 bits per heavy atom. The highest BCUT2D eigenvalue weighted by Gasteiger charge is 2.20. The molecule has 0 radical (unpaired) electrons. The molecule has 3 N–H and O–H groups in total. The molecule has 23 heavy (non-hydrogen) atoms. The zero-order valence-corrected chi connectivity index (χ0v) is 12.2. The van der Waals surface area contributed by atoms with Crippen LogP contribution < -0.4 is 10.6 Å². The van der Waals surface area contributed by atoms with Crippen LogP contribution in [0.5, 0.6) is 0 Å². The number of benzene rings is 1. The summed E-state index contributed by atoms with van der Waals surface area (Å²) in [5.41, 5.74) is 2.65. The highest BCUT2D eigenvalue weighted by atomic mass is 16.4. The second kappa shape index (κ2) is 6.30. The van der Waals surface area contributed by atoms with Crippen molar-refractivity contribution in [1.29, 1.82) is 0 Å². The molecule has 3 rings (SSSR count). The number of fused-ring (bicyclic) bond motifs is 1. The number of amides is 3. The minimum Gasteiger partial charge on any atom is -0.465 e. The molecule has 118 valence electrons. The molecule has 0 saturated heterocycles. The molecule has 0 fully saturated rings. The predicted octanol–water partition coefficient (Wildman–Crippen LogP) is 2.16. The summed E-state index contributed by atoms with van der Waals surface area (Å²) < 4.78 is 0. The Kier molecular flexibility index (Phi) is 4.05. The molecule has 1 aliphatic rings. The van der Waals surface area contributed by atoms with Crippen molar-refractivity contribution in [2.75, 3.05) is 17.2 Å². The van der Waals surface area contributed by atoms with Crippen molar-refractivity contribution in [1.82, 2.24) is 14.9 Å². The van der Waals surface area contributed by atoms with E-state index in [-0.39, 0.29) is 0 Å². The van der Waals surface area contributed by atoms with E-state index in [1.165, 1.54) is 23.5 Å². The van der Waals surface area contributed by atoms with Gasteiger partial charge in [0, 0.05) is 31.2 Å². The lowest BCUT2D eigenvalue weighted by Crippen LogP contribution is -2.34. The summed E-state index contributed by atoms with van der Waals surface area (Å²) in [5.74, 6) is 0.361. The van der Waals surface area contributed by atoms with Gasteiger partial charge in [0.2, 0.25) is 0 Å². The minimum absolute atomic E-state index is 0.361. The topological polar surface area (TPSA) is 107 Å². The first-order valence-corrected chi connectivity index (χ1v) is 7.05. The van der Waals surface area contributed by atoms with Crippen LogP contribution in [0.4, 0.5) is 21.1 Å². The highest BCUT2D eigenvalue weighted by Crippen LogP contribution is 2.22. The second-order valence-corrected chi connectivity index (χ2v) is 5.11. The van der Waals surface area contributed by atoms with Crippen LogP contribution in [0.2, 0.25) is 0 Å². The number of nitrogens with one attached hydrogen (secondary N) is 2. The molecule has 0 spiro atoms. The first-order valence-electron chi connectivity index (χ1n) is 7.05. The first-order chi connectivity index (χ1) is 11.1. The quantitative estimate of drug-likeness (QED) is 0.787. The normalized spacial score (nSPS) is 13.1. The fraction of sp³-hybridized carbons (Fsp3) is 0.200. The fourth-order valence-corrected chi connectivity index (χ4v) is 2.44. The van der Waals surface area contributed by atoms with Crippen LogP contribution in [0.3, 0.4) is 0 Å². The van der Waals surface area contributed by atoms with Crippen LogP contribution in [-0.4, -0.2) is 38.6 Å². The lowest BCUT2D eigenvalue weighted by atomic mass is 9.99. The van der Waals surface area contributed by atoms with Gasteiger partial charge >= 0.3 is 12.1 Å². The second-order valence-electron chi connectivity index (χ2n) is 5.11. The molecule has 2 aromatic rings. The van der Waals surface area contributed by atoms with Gasteiger partial charge in [0.25, 0.3) is 0 Å². The van der Waals surface area contributed by atoms with E-state index >= 15 is 0 Å². The first kappa shape index (κ1) is 14.8. The molecule has 0 saturated carbocycles. The molecule has 1 aliphatic heterocycles. The van der Waals surface area contributed by atoms with Crippen molar-refractivity contribution in [2.45, 2.75) is 13.0 Å². The van der Waals surface area contributed by atoms with Crippen molar-refractivity contribution >= 4 is 23.6 Å². The van der Waals surface area contributed by atoms with E-state index < -0.39 is 12.1 Å². The molecule has 1 aromatic carbocycles. The van der Waals surface area contributed by atoms with Crippen LogP contribution in [0, 0.1) is 0 Å². The Hall–Kier alpha value is -3.16. The Morgan fingerprint density at radius 3 is 2.78 bits per heavy atom. The third-order valence-corrected chi connectivity index (χ3v) is 3.55. The number of nitrogens with zero attached hydrogens (tertiary/aromatic N) is 3. The van der Waals surface area contributed by atoms with Gasteiger partial charge in [-0.3, -0.25) is 10.3 Å². The van der Waals surface area contributed by atoms with Gasteiger partial charge in [0.05, 0.1) is 6.20 Å². The predicted molar refractivity (Wildman–Crippen MR) is 83.3 cm³/mol. The molecule has 0 unspecified atom stereocenters. The third kappa shape index (κ3) is 3.54. The average molecular weight is 313 g/mol. The van der Waals surface area contributed by atoms with Gasteiger partial charge in [0.15, 0.2) is 5.82 Å². The zero-order valence-electron chi connectivity index (χ0n) is 12.2. The molecule has 2 heterocycles. The number of urea groups is 1. The SMILES string of the molecule is O=C(Nc1ccc2c(c1)CCN(C(=O)O)C2)Nc1cnccn1. The van der Waals surface area contributed by atoms with E-state index in [9.17, 15) is 9.59 Å². The molecule has 0 atom stereocenters. The molecule has 0 bridgehead atoms. The van der Waals surface area contributed by atoms with Crippen molar-refractivity contribution in [2.24, 2.45) is 0 Å². The maximum atomic E-state index is 11.9. The van der Waals surface area contributed by atoms with E-state index in [0.29, 0.717) is 31.0 Å². The molecule has 8 nitrogen and oxygen atoms in total. The Balaban J connectivity index is 1.66. The van der Waals surface area contributed by atoms with Gasteiger partial charge in [-0.25, -0.2) is 14.6 Å². The van der Waals surface area contributed by atoms with Gasteiger partial charge in [-0.1, -0.05) is 6.07 Å². The van der Waals surface area contributed by atoms with Crippen LogP contribution in [0.1, 0.15) is 11.1 Å². The van der Waals surface area contributed by atoms with Gasteiger partial charge in [-0.15, -0.1) is 0 Å². The smallest absolute Gasteiger partial charge is 0.407 e. The lowest BCUT2D eigenvalue weighted by molar-refractivity contribution is 0.140. The Labute approximate surface area is 132 Å². The van der Waals surface area contributed by atoms with Crippen LogP contribution in [0.25, 0.3) is 0 Å². The van der Waals surface area contributed by atoms with Crippen molar-refractivity contribution in [3.63, 3.8) is 0 Å². The highest BCUT2D eigenvalue weighted by molar-refractivity contribution is 5.99. The van der Waals surface area contributed by atoms with E-state index in [1.54, 1.807) is 6.07 Å². The summed E-state index contributed by atoms with van der Waals surface area (Å²) in [6.07, 6.45) is 4.17. The van der Waals surface area contributed by atoms with Gasteiger partial charge < -0.3 is 15.3 Å². The zero-order chi connectivity index (χ0) is 16.2. The number of hydrogen-bond donors (Lipinski definition) is 3. The van der Waals surface area contributed by atoms with Gasteiger partial charge in [-0.05, 0) is 29.7 Å². The van der Waals surface area contributed by atoms with E-state index in [2.05, 4.69) is 20.6 Å².